The summed E-state index contributed by atoms with van der Waals surface area (Å²) in [7, 11) is 0. The number of aliphatic hydroxyl groups excluding tert-OH is 1. The number of hydrogen-bond donors (Lipinski definition) is 1. The second-order valence-corrected chi connectivity index (χ2v) is 4.57. The van der Waals surface area contributed by atoms with Gasteiger partial charge in [0, 0.05) is 24.5 Å². The topological polar surface area (TPSA) is 38.7 Å². The predicted molar refractivity (Wildman–Crippen MR) is 59.4 cm³/mol. The normalized spacial score (nSPS) is 33.2. The van der Waals surface area contributed by atoms with E-state index in [1.807, 2.05) is 24.3 Å². The van der Waals surface area contributed by atoms with E-state index < -0.39 is 6.10 Å². The van der Waals surface area contributed by atoms with Gasteiger partial charge in [0.2, 0.25) is 0 Å². The summed E-state index contributed by atoms with van der Waals surface area (Å²) in [6.45, 7) is 1.59. The molecule has 3 heteroatoms. The number of ether oxygens (including phenoxy) is 2. The van der Waals surface area contributed by atoms with E-state index in [9.17, 15) is 5.11 Å². The first kappa shape index (κ1) is 10.1. The van der Waals surface area contributed by atoms with Gasteiger partial charge >= 0.3 is 0 Å². The molecular formula is C13H16O3. The minimum absolute atomic E-state index is 0.104. The molecule has 0 bridgehead atoms. The molecule has 0 aromatic heterocycles. The molecule has 3 rings (SSSR count). The van der Waals surface area contributed by atoms with Crippen LogP contribution in [-0.2, 0) is 4.74 Å². The van der Waals surface area contributed by atoms with Crippen molar-refractivity contribution >= 4 is 0 Å². The molecule has 3 nitrogen and oxygen atoms in total. The minimum Gasteiger partial charge on any atom is -0.490 e. The van der Waals surface area contributed by atoms with Crippen molar-refractivity contribution in [2.75, 3.05) is 13.2 Å². The van der Waals surface area contributed by atoms with Gasteiger partial charge < -0.3 is 14.6 Å². The van der Waals surface area contributed by atoms with Crippen molar-refractivity contribution in [3.63, 3.8) is 0 Å². The first-order valence-electron chi connectivity index (χ1n) is 5.86. The van der Waals surface area contributed by atoms with Gasteiger partial charge in [-0.15, -0.1) is 0 Å². The summed E-state index contributed by atoms with van der Waals surface area (Å²) < 4.78 is 11.3. The molecule has 0 spiro atoms. The lowest BCUT2D eigenvalue weighted by atomic mass is 9.91. The summed E-state index contributed by atoms with van der Waals surface area (Å²) in [5, 5.41) is 10.1. The number of para-hydroxylation sites is 1. The van der Waals surface area contributed by atoms with E-state index in [0.29, 0.717) is 12.3 Å². The third kappa shape index (κ3) is 1.70. The Hall–Kier alpha value is -1.06. The number of aliphatic hydroxyl groups is 1. The van der Waals surface area contributed by atoms with Crippen LogP contribution >= 0.6 is 0 Å². The van der Waals surface area contributed by atoms with Gasteiger partial charge in [-0.3, -0.25) is 0 Å². The molecule has 1 N–H and O–H groups in total. The monoisotopic (exact) mass is 220 g/mol. The second-order valence-electron chi connectivity index (χ2n) is 4.57. The van der Waals surface area contributed by atoms with Crippen LogP contribution in [0.15, 0.2) is 24.3 Å². The van der Waals surface area contributed by atoms with Crippen LogP contribution in [0.5, 0.6) is 5.75 Å². The molecule has 0 aliphatic carbocycles. The Bertz CT molecular complexity index is 371. The smallest absolute Gasteiger partial charge is 0.125 e. The third-order valence-electron chi connectivity index (χ3n) is 3.50. The van der Waals surface area contributed by atoms with Crippen LogP contribution in [0, 0.1) is 5.92 Å². The van der Waals surface area contributed by atoms with Crippen molar-refractivity contribution in [3.8, 4) is 5.75 Å². The molecule has 2 heterocycles. The van der Waals surface area contributed by atoms with E-state index in [4.69, 9.17) is 9.47 Å². The Morgan fingerprint density at radius 1 is 1.25 bits per heavy atom. The van der Waals surface area contributed by atoms with Crippen LogP contribution in [0.2, 0.25) is 0 Å². The maximum Gasteiger partial charge on any atom is 0.125 e. The molecule has 1 fully saturated rings. The summed E-state index contributed by atoms with van der Waals surface area (Å²) in [5.74, 6) is 1.26. The first-order valence-corrected chi connectivity index (χ1v) is 5.86. The summed E-state index contributed by atoms with van der Waals surface area (Å²) in [6, 6.07) is 7.74. The van der Waals surface area contributed by atoms with E-state index in [1.54, 1.807) is 0 Å². The fourth-order valence-electron chi connectivity index (χ4n) is 2.56. The zero-order valence-electron chi connectivity index (χ0n) is 9.13. The van der Waals surface area contributed by atoms with Gasteiger partial charge in [0.05, 0.1) is 12.7 Å². The van der Waals surface area contributed by atoms with Crippen molar-refractivity contribution in [1.82, 2.24) is 0 Å². The fraction of sp³-hybridized carbons (Fsp3) is 0.538. The molecule has 16 heavy (non-hydrogen) atoms. The Balaban J connectivity index is 1.83. The lowest BCUT2D eigenvalue weighted by Crippen LogP contribution is -2.33. The van der Waals surface area contributed by atoms with Gasteiger partial charge in [-0.05, 0) is 12.5 Å². The van der Waals surface area contributed by atoms with Crippen LogP contribution in [0.3, 0.4) is 0 Å². The standard InChI is InChI=1S/C13H16O3/c14-11-7-13(9-5-6-15-8-9)16-12-4-2-1-3-10(11)12/h1-4,9,11,13-14H,5-8H2/t9?,11-,13?/m1/s1. The van der Waals surface area contributed by atoms with E-state index in [1.165, 1.54) is 0 Å². The average molecular weight is 220 g/mol. The third-order valence-corrected chi connectivity index (χ3v) is 3.50. The number of hydrogen-bond acceptors (Lipinski definition) is 3. The molecule has 2 unspecified atom stereocenters. The zero-order valence-corrected chi connectivity index (χ0v) is 9.13. The van der Waals surface area contributed by atoms with Gasteiger partial charge in [0.15, 0.2) is 0 Å². The molecule has 2 aliphatic heterocycles. The van der Waals surface area contributed by atoms with Crippen molar-refractivity contribution in [2.24, 2.45) is 5.92 Å². The van der Waals surface area contributed by atoms with Crippen LogP contribution in [0.4, 0.5) is 0 Å². The quantitative estimate of drug-likeness (QED) is 0.785. The molecule has 1 saturated heterocycles. The fourth-order valence-corrected chi connectivity index (χ4v) is 2.56. The summed E-state index contributed by atoms with van der Waals surface area (Å²) in [4.78, 5) is 0. The van der Waals surface area contributed by atoms with Crippen LogP contribution in [0.25, 0.3) is 0 Å². The van der Waals surface area contributed by atoms with Crippen LogP contribution in [-0.4, -0.2) is 24.4 Å². The van der Waals surface area contributed by atoms with E-state index in [0.717, 1.165) is 30.9 Å². The van der Waals surface area contributed by atoms with Crippen molar-refractivity contribution in [3.05, 3.63) is 29.8 Å². The van der Waals surface area contributed by atoms with Crippen molar-refractivity contribution in [1.29, 1.82) is 0 Å². The molecule has 2 aliphatic rings. The van der Waals surface area contributed by atoms with Gasteiger partial charge in [-0.25, -0.2) is 0 Å². The van der Waals surface area contributed by atoms with Gasteiger partial charge in [0.25, 0.3) is 0 Å². The number of benzene rings is 1. The SMILES string of the molecule is O[C@@H]1CC(C2CCOC2)Oc2ccccc21. The maximum atomic E-state index is 10.1. The highest BCUT2D eigenvalue weighted by molar-refractivity contribution is 5.37. The van der Waals surface area contributed by atoms with Crippen molar-refractivity contribution in [2.45, 2.75) is 25.0 Å². The molecular weight excluding hydrogens is 204 g/mol. The lowest BCUT2D eigenvalue weighted by molar-refractivity contribution is 0.0302. The Morgan fingerprint density at radius 2 is 2.12 bits per heavy atom. The molecule has 1 aromatic rings. The second kappa shape index (κ2) is 4.07. The molecule has 0 radical (unpaired) electrons. The van der Waals surface area contributed by atoms with Gasteiger partial charge in [-0.1, -0.05) is 18.2 Å². The summed E-state index contributed by atoms with van der Waals surface area (Å²) >= 11 is 0. The molecule has 86 valence electrons. The molecule has 3 atom stereocenters. The van der Waals surface area contributed by atoms with E-state index in [-0.39, 0.29) is 6.10 Å². The summed E-state index contributed by atoms with van der Waals surface area (Å²) in [5.41, 5.74) is 0.915. The first-order chi connectivity index (χ1) is 7.84. The molecule has 1 aromatic carbocycles. The van der Waals surface area contributed by atoms with Gasteiger partial charge in [-0.2, -0.15) is 0 Å². The number of rotatable bonds is 1. The predicted octanol–water partition coefficient (Wildman–Crippen LogP) is 1.91. The minimum atomic E-state index is -0.393. The van der Waals surface area contributed by atoms with Gasteiger partial charge in [0.1, 0.15) is 11.9 Å². The van der Waals surface area contributed by atoms with E-state index >= 15 is 0 Å². The van der Waals surface area contributed by atoms with Crippen LogP contribution < -0.4 is 4.74 Å². The molecule has 0 amide bonds. The largest absolute Gasteiger partial charge is 0.490 e. The number of fused-ring (bicyclic) bond motifs is 1. The Kier molecular flexibility index (Phi) is 2.58. The van der Waals surface area contributed by atoms with E-state index in [2.05, 4.69) is 0 Å². The Labute approximate surface area is 95.0 Å². The highest BCUT2D eigenvalue weighted by Gasteiger charge is 2.34. The Morgan fingerprint density at radius 3 is 2.94 bits per heavy atom. The molecule has 0 saturated carbocycles. The highest BCUT2D eigenvalue weighted by atomic mass is 16.5. The van der Waals surface area contributed by atoms with Crippen molar-refractivity contribution < 1.29 is 14.6 Å². The zero-order chi connectivity index (χ0) is 11.0. The average Bonchev–Trinajstić information content (AvgIpc) is 2.82. The maximum absolute atomic E-state index is 10.1. The lowest BCUT2D eigenvalue weighted by Gasteiger charge is -2.32. The highest BCUT2D eigenvalue weighted by Crippen LogP contribution is 2.38. The van der Waals surface area contributed by atoms with Crippen LogP contribution in [0.1, 0.15) is 24.5 Å². The summed E-state index contributed by atoms with van der Waals surface area (Å²) in [6.07, 6.45) is 1.44.